The maximum atomic E-state index is 13.2. The van der Waals surface area contributed by atoms with Crippen molar-refractivity contribution in [2.75, 3.05) is 0 Å². The Bertz CT molecular complexity index is 432. The smallest absolute Gasteiger partial charge is 0.248 e. The van der Waals surface area contributed by atoms with Gasteiger partial charge in [-0.2, -0.15) is 0 Å². The van der Waals surface area contributed by atoms with E-state index in [1.807, 2.05) is 6.07 Å². The van der Waals surface area contributed by atoms with Crippen molar-refractivity contribution in [2.24, 2.45) is 0 Å². The van der Waals surface area contributed by atoms with Crippen molar-refractivity contribution in [1.29, 1.82) is 0 Å². The van der Waals surface area contributed by atoms with Gasteiger partial charge in [0.15, 0.2) is 0 Å². The fourth-order valence-electron chi connectivity index (χ4n) is 2.41. The summed E-state index contributed by atoms with van der Waals surface area (Å²) < 4.78 is 26.3. The average Bonchev–Trinajstić information content (AvgIpc) is 3.10. The van der Waals surface area contributed by atoms with Crippen molar-refractivity contribution < 1.29 is 8.78 Å². The number of nitrogens with one attached hydrogen (secondary N) is 1. The Morgan fingerprint density at radius 1 is 1.33 bits per heavy atom. The molecule has 0 aliphatic heterocycles. The zero-order valence-corrected chi connectivity index (χ0v) is 10.2. The van der Waals surface area contributed by atoms with Crippen LogP contribution in [0, 0.1) is 0 Å². The Hall–Kier alpha value is -1.10. The van der Waals surface area contributed by atoms with Crippen molar-refractivity contribution >= 4 is 0 Å². The molecule has 2 saturated carbocycles. The van der Waals surface area contributed by atoms with E-state index in [1.165, 1.54) is 12.8 Å². The summed E-state index contributed by atoms with van der Waals surface area (Å²) in [6.45, 7) is 0.712. The summed E-state index contributed by atoms with van der Waals surface area (Å²) in [4.78, 5) is 8.57. The van der Waals surface area contributed by atoms with Crippen LogP contribution in [-0.4, -0.2) is 21.9 Å². The molecule has 0 spiro atoms. The molecule has 1 unspecified atom stereocenters. The van der Waals surface area contributed by atoms with Gasteiger partial charge in [0, 0.05) is 37.5 Å². The van der Waals surface area contributed by atoms with E-state index in [-0.39, 0.29) is 18.8 Å². The second-order valence-electron chi connectivity index (χ2n) is 5.36. The molecule has 5 heteroatoms. The Morgan fingerprint density at radius 2 is 2.17 bits per heavy atom. The lowest BCUT2D eigenvalue weighted by Crippen LogP contribution is -2.17. The molecule has 3 rings (SSSR count). The van der Waals surface area contributed by atoms with Gasteiger partial charge < -0.3 is 5.32 Å². The van der Waals surface area contributed by atoms with Gasteiger partial charge in [0.2, 0.25) is 5.92 Å². The summed E-state index contributed by atoms with van der Waals surface area (Å²) in [5.74, 6) is -2.13. The third-order valence-corrected chi connectivity index (χ3v) is 3.65. The lowest BCUT2D eigenvalue weighted by atomic mass is 10.1. The highest BCUT2D eigenvalue weighted by molar-refractivity contribution is 5.08. The van der Waals surface area contributed by atoms with E-state index in [0.29, 0.717) is 24.8 Å². The first-order chi connectivity index (χ1) is 8.62. The second-order valence-corrected chi connectivity index (χ2v) is 5.36. The second kappa shape index (κ2) is 4.53. The Morgan fingerprint density at radius 3 is 2.83 bits per heavy atom. The summed E-state index contributed by atoms with van der Waals surface area (Å²) >= 11 is 0. The SMILES string of the molecule is FC1(F)CCC(c2nccc(CNC3CC3)n2)C1. The van der Waals surface area contributed by atoms with Crippen LogP contribution in [-0.2, 0) is 6.54 Å². The molecule has 1 aromatic rings. The van der Waals surface area contributed by atoms with E-state index >= 15 is 0 Å². The third-order valence-electron chi connectivity index (χ3n) is 3.65. The van der Waals surface area contributed by atoms with Crippen molar-refractivity contribution in [3.05, 3.63) is 23.8 Å². The molecule has 2 aliphatic rings. The van der Waals surface area contributed by atoms with E-state index in [4.69, 9.17) is 0 Å². The van der Waals surface area contributed by atoms with Crippen molar-refractivity contribution in [3.8, 4) is 0 Å². The highest BCUT2D eigenvalue weighted by Gasteiger charge is 2.41. The van der Waals surface area contributed by atoms with Gasteiger partial charge in [0.05, 0.1) is 5.69 Å². The molecule has 0 radical (unpaired) electrons. The fraction of sp³-hybridized carbons (Fsp3) is 0.692. The maximum Gasteiger partial charge on any atom is 0.248 e. The zero-order valence-electron chi connectivity index (χ0n) is 10.2. The normalized spacial score (nSPS) is 26.4. The predicted molar refractivity (Wildman–Crippen MR) is 63.4 cm³/mol. The first-order valence-corrected chi connectivity index (χ1v) is 6.55. The number of hydrogen-bond acceptors (Lipinski definition) is 3. The average molecular weight is 253 g/mol. The highest BCUT2D eigenvalue weighted by atomic mass is 19.3. The molecule has 2 fully saturated rings. The number of hydrogen-bond donors (Lipinski definition) is 1. The zero-order chi connectivity index (χ0) is 12.6. The molecule has 1 heterocycles. The maximum absolute atomic E-state index is 13.2. The van der Waals surface area contributed by atoms with Crippen molar-refractivity contribution in [2.45, 2.75) is 56.5 Å². The quantitative estimate of drug-likeness (QED) is 0.896. The largest absolute Gasteiger partial charge is 0.308 e. The first kappa shape index (κ1) is 12.0. The summed E-state index contributed by atoms with van der Waals surface area (Å²) in [5, 5.41) is 3.37. The van der Waals surface area contributed by atoms with Crippen molar-refractivity contribution in [1.82, 2.24) is 15.3 Å². The van der Waals surface area contributed by atoms with E-state index in [9.17, 15) is 8.78 Å². The van der Waals surface area contributed by atoms with Gasteiger partial charge in [-0.25, -0.2) is 18.7 Å². The Labute approximate surface area is 105 Å². The topological polar surface area (TPSA) is 37.8 Å². The van der Waals surface area contributed by atoms with Crippen LogP contribution in [0.3, 0.4) is 0 Å². The molecule has 0 aromatic carbocycles. The van der Waals surface area contributed by atoms with Crippen LogP contribution in [0.25, 0.3) is 0 Å². The van der Waals surface area contributed by atoms with E-state index in [2.05, 4.69) is 15.3 Å². The minimum absolute atomic E-state index is 0.0361. The van der Waals surface area contributed by atoms with Crippen LogP contribution < -0.4 is 5.32 Å². The van der Waals surface area contributed by atoms with Gasteiger partial charge >= 0.3 is 0 Å². The Balaban J connectivity index is 1.66. The summed E-state index contributed by atoms with van der Waals surface area (Å²) in [5.41, 5.74) is 0.905. The number of halogens is 2. The molecule has 1 aromatic heterocycles. The van der Waals surface area contributed by atoms with Crippen LogP contribution in [0.15, 0.2) is 12.3 Å². The molecular weight excluding hydrogens is 236 g/mol. The van der Waals surface area contributed by atoms with Gasteiger partial charge in [0.1, 0.15) is 5.82 Å². The molecule has 1 atom stereocenters. The molecule has 3 nitrogen and oxygen atoms in total. The van der Waals surface area contributed by atoms with Crippen LogP contribution in [0.4, 0.5) is 8.78 Å². The number of rotatable bonds is 4. The number of aromatic nitrogens is 2. The summed E-state index contributed by atoms with van der Waals surface area (Å²) in [6.07, 6.45) is 4.49. The van der Waals surface area contributed by atoms with Gasteiger partial charge in [-0.3, -0.25) is 0 Å². The molecule has 98 valence electrons. The molecular formula is C13H17F2N3. The van der Waals surface area contributed by atoms with Crippen molar-refractivity contribution in [3.63, 3.8) is 0 Å². The molecule has 1 N–H and O–H groups in total. The molecule has 18 heavy (non-hydrogen) atoms. The molecule has 2 aliphatic carbocycles. The third kappa shape index (κ3) is 2.83. The van der Waals surface area contributed by atoms with Crippen LogP contribution in [0.1, 0.15) is 49.5 Å². The van der Waals surface area contributed by atoms with Crippen LogP contribution in [0.2, 0.25) is 0 Å². The van der Waals surface area contributed by atoms with E-state index in [0.717, 1.165) is 5.69 Å². The van der Waals surface area contributed by atoms with Gasteiger partial charge in [-0.1, -0.05) is 0 Å². The molecule has 0 amide bonds. The predicted octanol–water partition coefficient (Wildman–Crippen LogP) is 2.63. The Kier molecular flexibility index (Phi) is 3.01. The van der Waals surface area contributed by atoms with Gasteiger partial charge in [0.25, 0.3) is 0 Å². The summed E-state index contributed by atoms with van der Waals surface area (Å²) in [6, 6.07) is 2.48. The van der Waals surface area contributed by atoms with Gasteiger partial charge in [-0.15, -0.1) is 0 Å². The first-order valence-electron chi connectivity index (χ1n) is 6.55. The summed E-state index contributed by atoms with van der Waals surface area (Å²) in [7, 11) is 0. The standard InChI is InChI=1S/C13H17F2N3/c14-13(15)5-3-9(7-13)12-16-6-4-11(18-12)8-17-10-1-2-10/h4,6,9-10,17H,1-3,5,7-8H2. The van der Waals surface area contributed by atoms with E-state index < -0.39 is 5.92 Å². The monoisotopic (exact) mass is 253 g/mol. The number of nitrogens with zero attached hydrogens (tertiary/aromatic N) is 2. The fourth-order valence-corrected chi connectivity index (χ4v) is 2.41. The number of alkyl halides is 2. The van der Waals surface area contributed by atoms with Crippen LogP contribution >= 0.6 is 0 Å². The highest BCUT2D eigenvalue weighted by Crippen LogP contribution is 2.42. The van der Waals surface area contributed by atoms with Gasteiger partial charge in [-0.05, 0) is 25.3 Å². The van der Waals surface area contributed by atoms with E-state index in [1.54, 1.807) is 6.20 Å². The molecule has 0 saturated heterocycles. The van der Waals surface area contributed by atoms with Crippen LogP contribution in [0.5, 0.6) is 0 Å². The lowest BCUT2D eigenvalue weighted by molar-refractivity contribution is 0.00753. The minimum Gasteiger partial charge on any atom is -0.308 e. The molecule has 0 bridgehead atoms. The minimum atomic E-state index is -2.53. The lowest BCUT2D eigenvalue weighted by Gasteiger charge is -2.10.